The number of hydrogen-bond acceptors (Lipinski definition) is 4. The van der Waals surface area contributed by atoms with Gasteiger partial charge in [0.05, 0.1) is 11.1 Å². The Bertz CT molecular complexity index is 728. The number of carbonyl (C=O) groups excluding carboxylic acids is 2. The number of piperazine rings is 1. The highest BCUT2D eigenvalue weighted by Gasteiger charge is 2.22. The van der Waals surface area contributed by atoms with Gasteiger partial charge in [0.1, 0.15) is 5.82 Å². The van der Waals surface area contributed by atoms with Crippen LogP contribution >= 0.6 is 11.3 Å². The van der Waals surface area contributed by atoms with E-state index in [0.29, 0.717) is 26.2 Å². The molecule has 2 aromatic rings. The zero-order valence-electron chi connectivity index (χ0n) is 13.8. The second-order valence-electron chi connectivity index (χ2n) is 5.88. The van der Waals surface area contributed by atoms with Crippen LogP contribution in [-0.2, 0) is 0 Å². The normalized spacial score (nSPS) is 15.2. The topological polar surface area (TPSA) is 52.7 Å². The molecule has 1 aromatic carbocycles. The van der Waals surface area contributed by atoms with Gasteiger partial charge in [-0.15, -0.1) is 0 Å². The van der Waals surface area contributed by atoms with Gasteiger partial charge in [0, 0.05) is 44.6 Å². The van der Waals surface area contributed by atoms with Gasteiger partial charge < -0.3 is 10.2 Å². The zero-order valence-corrected chi connectivity index (χ0v) is 14.6. The van der Waals surface area contributed by atoms with E-state index in [2.05, 4.69) is 10.2 Å². The zero-order chi connectivity index (χ0) is 17.6. The van der Waals surface area contributed by atoms with Crippen LogP contribution in [-0.4, -0.2) is 60.9 Å². The second-order valence-corrected chi connectivity index (χ2v) is 6.66. The molecule has 1 saturated heterocycles. The lowest BCUT2D eigenvalue weighted by atomic mass is 10.2. The first-order valence-corrected chi connectivity index (χ1v) is 9.16. The van der Waals surface area contributed by atoms with E-state index in [1.54, 1.807) is 12.1 Å². The Morgan fingerprint density at radius 1 is 1.12 bits per heavy atom. The number of benzene rings is 1. The molecule has 1 aromatic heterocycles. The maximum absolute atomic E-state index is 13.5. The van der Waals surface area contributed by atoms with Crippen LogP contribution in [0.25, 0.3) is 0 Å². The van der Waals surface area contributed by atoms with Crippen molar-refractivity contribution in [3.63, 3.8) is 0 Å². The predicted molar refractivity (Wildman–Crippen MR) is 95.4 cm³/mol. The molecule has 0 atom stereocenters. The third-order valence-corrected chi connectivity index (χ3v) is 4.94. The minimum absolute atomic E-state index is 0.0636. The van der Waals surface area contributed by atoms with Gasteiger partial charge in [-0.3, -0.25) is 14.5 Å². The van der Waals surface area contributed by atoms with Crippen LogP contribution in [0.15, 0.2) is 41.1 Å². The molecule has 7 heteroatoms. The van der Waals surface area contributed by atoms with E-state index in [4.69, 9.17) is 0 Å². The van der Waals surface area contributed by atoms with Gasteiger partial charge in [0.2, 0.25) is 0 Å². The molecule has 0 radical (unpaired) electrons. The summed E-state index contributed by atoms with van der Waals surface area (Å²) in [5, 5.41) is 6.52. The van der Waals surface area contributed by atoms with Gasteiger partial charge in [-0.1, -0.05) is 12.1 Å². The summed E-state index contributed by atoms with van der Waals surface area (Å²) >= 11 is 1.52. The fourth-order valence-corrected chi connectivity index (χ4v) is 3.44. The van der Waals surface area contributed by atoms with E-state index < -0.39 is 11.7 Å². The fourth-order valence-electron chi connectivity index (χ4n) is 2.81. The standard InChI is InChI=1S/C18H20FN3O2S/c19-16-4-2-1-3-15(16)17(23)20-6-7-21-8-10-22(11-9-21)18(24)14-5-12-25-13-14/h1-5,12-13H,6-11H2,(H,20,23). The van der Waals surface area contributed by atoms with E-state index in [1.165, 1.54) is 23.5 Å². The number of carbonyl (C=O) groups is 2. The van der Waals surface area contributed by atoms with Crippen LogP contribution in [0.5, 0.6) is 0 Å². The number of nitrogens with zero attached hydrogens (tertiary/aromatic N) is 2. The number of nitrogens with one attached hydrogen (secondary N) is 1. The molecule has 2 heterocycles. The number of amides is 2. The molecule has 3 rings (SSSR count). The quantitative estimate of drug-likeness (QED) is 0.887. The summed E-state index contributed by atoms with van der Waals surface area (Å²) in [5.74, 6) is -0.835. The summed E-state index contributed by atoms with van der Waals surface area (Å²) in [4.78, 5) is 28.3. The maximum atomic E-state index is 13.5. The molecule has 132 valence electrons. The highest BCUT2D eigenvalue weighted by Crippen LogP contribution is 2.12. The molecule has 5 nitrogen and oxygen atoms in total. The van der Waals surface area contributed by atoms with Crippen LogP contribution in [0.1, 0.15) is 20.7 Å². The SMILES string of the molecule is O=C(NCCN1CCN(C(=O)c2ccsc2)CC1)c1ccccc1F. The molecule has 0 saturated carbocycles. The van der Waals surface area contributed by atoms with E-state index in [-0.39, 0.29) is 11.5 Å². The van der Waals surface area contributed by atoms with Crippen molar-refractivity contribution in [2.24, 2.45) is 0 Å². The Balaban J connectivity index is 1.40. The number of rotatable bonds is 5. The lowest BCUT2D eigenvalue weighted by molar-refractivity contribution is 0.0638. The monoisotopic (exact) mass is 361 g/mol. The lowest BCUT2D eigenvalue weighted by Gasteiger charge is -2.34. The predicted octanol–water partition coefficient (Wildman–Crippen LogP) is 2.08. The summed E-state index contributed by atoms with van der Waals surface area (Å²) in [6.07, 6.45) is 0. The molecule has 25 heavy (non-hydrogen) atoms. The molecule has 1 N–H and O–H groups in total. The van der Waals surface area contributed by atoms with Gasteiger partial charge in [0.25, 0.3) is 11.8 Å². The Hall–Kier alpha value is -2.25. The van der Waals surface area contributed by atoms with Crippen molar-refractivity contribution >= 4 is 23.2 Å². The maximum Gasteiger partial charge on any atom is 0.254 e. The third kappa shape index (κ3) is 4.43. The van der Waals surface area contributed by atoms with Crippen molar-refractivity contribution in [3.05, 3.63) is 58.0 Å². The van der Waals surface area contributed by atoms with E-state index in [1.807, 2.05) is 21.7 Å². The number of hydrogen-bond donors (Lipinski definition) is 1. The van der Waals surface area contributed by atoms with Crippen LogP contribution in [0.2, 0.25) is 0 Å². The highest BCUT2D eigenvalue weighted by molar-refractivity contribution is 7.08. The third-order valence-electron chi connectivity index (χ3n) is 4.26. The van der Waals surface area contributed by atoms with Gasteiger partial charge >= 0.3 is 0 Å². The smallest absolute Gasteiger partial charge is 0.254 e. The molecule has 1 aliphatic heterocycles. The van der Waals surface area contributed by atoms with Gasteiger partial charge in [-0.05, 0) is 23.6 Å². The average molecular weight is 361 g/mol. The van der Waals surface area contributed by atoms with Crippen molar-refractivity contribution in [1.82, 2.24) is 15.1 Å². The Morgan fingerprint density at radius 3 is 2.56 bits per heavy atom. The van der Waals surface area contributed by atoms with E-state index in [9.17, 15) is 14.0 Å². The minimum atomic E-state index is -0.513. The summed E-state index contributed by atoms with van der Waals surface area (Å²) in [6.45, 7) is 4.02. The molecular weight excluding hydrogens is 341 g/mol. The Kier molecular flexibility index (Phi) is 5.78. The average Bonchev–Trinajstić information content (AvgIpc) is 3.16. The van der Waals surface area contributed by atoms with Gasteiger partial charge in [0.15, 0.2) is 0 Å². The molecule has 0 aliphatic carbocycles. The van der Waals surface area contributed by atoms with Crippen molar-refractivity contribution < 1.29 is 14.0 Å². The first kappa shape index (κ1) is 17.6. The second kappa shape index (κ2) is 8.22. The Labute approximate surface area is 150 Å². The van der Waals surface area contributed by atoms with Crippen LogP contribution < -0.4 is 5.32 Å². The first-order valence-electron chi connectivity index (χ1n) is 8.21. The lowest BCUT2D eigenvalue weighted by Crippen LogP contribution is -2.50. The van der Waals surface area contributed by atoms with E-state index >= 15 is 0 Å². The van der Waals surface area contributed by atoms with Crippen LogP contribution in [0.4, 0.5) is 4.39 Å². The van der Waals surface area contributed by atoms with Crippen molar-refractivity contribution in [1.29, 1.82) is 0 Å². The largest absolute Gasteiger partial charge is 0.351 e. The Morgan fingerprint density at radius 2 is 1.88 bits per heavy atom. The summed E-state index contributed by atoms with van der Waals surface area (Å²) < 4.78 is 13.5. The molecular formula is C18H20FN3O2S. The molecule has 2 amide bonds. The van der Waals surface area contributed by atoms with Crippen molar-refractivity contribution in [3.8, 4) is 0 Å². The molecule has 0 spiro atoms. The van der Waals surface area contributed by atoms with Gasteiger partial charge in [-0.25, -0.2) is 4.39 Å². The molecule has 1 aliphatic rings. The van der Waals surface area contributed by atoms with Crippen LogP contribution in [0, 0.1) is 5.82 Å². The number of halogens is 1. The molecule has 0 bridgehead atoms. The number of thiophene rings is 1. The summed E-state index contributed by atoms with van der Waals surface area (Å²) in [7, 11) is 0. The van der Waals surface area contributed by atoms with E-state index in [0.717, 1.165) is 18.7 Å². The highest BCUT2D eigenvalue weighted by atomic mass is 32.1. The van der Waals surface area contributed by atoms with Crippen molar-refractivity contribution in [2.75, 3.05) is 39.3 Å². The fraction of sp³-hybridized carbons (Fsp3) is 0.333. The molecule has 1 fully saturated rings. The van der Waals surface area contributed by atoms with Crippen LogP contribution in [0.3, 0.4) is 0 Å². The summed E-state index contributed by atoms with van der Waals surface area (Å²) in [6, 6.07) is 7.79. The molecule has 0 unspecified atom stereocenters. The summed E-state index contributed by atoms with van der Waals surface area (Å²) in [5.41, 5.74) is 0.810. The minimum Gasteiger partial charge on any atom is -0.351 e. The van der Waals surface area contributed by atoms with Gasteiger partial charge in [-0.2, -0.15) is 11.3 Å². The van der Waals surface area contributed by atoms with Crippen molar-refractivity contribution in [2.45, 2.75) is 0 Å². The first-order chi connectivity index (χ1) is 12.1.